The van der Waals surface area contributed by atoms with Crippen molar-refractivity contribution in [2.24, 2.45) is 17.8 Å². The van der Waals surface area contributed by atoms with Crippen LogP contribution >= 0.6 is 0 Å². The second-order valence-electron chi connectivity index (χ2n) is 4.42. The van der Waals surface area contributed by atoms with Gasteiger partial charge in [-0.15, -0.1) is 0 Å². The van der Waals surface area contributed by atoms with Crippen molar-refractivity contribution in [2.45, 2.75) is 39.3 Å². The van der Waals surface area contributed by atoms with Crippen molar-refractivity contribution in [3.63, 3.8) is 0 Å². The molecule has 0 amide bonds. The molecule has 84 valence electrons. The molecular weight excluding hydrogens is 184 g/mol. The van der Waals surface area contributed by atoms with Crippen molar-refractivity contribution in [2.75, 3.05) is 6.61 Å². The lowest BCUT2D eigenvalue weighted by Crippen LogP contribution is -2.52. The highest BCUT2D eigenvalue weighted by molar-refractivity contribution is 4.87. The molecule has 0 bridgehead atoms. The molecule has 1 aliphatic heterocycles. The highest BCUT2D eigenvalue weighted by Gasteiger charge is 2.42. The molecule has 3 N–H and O–H groups in total. The molecule has 1 saturated heterocycles. The van der Waals surface area contributed by atoms with Crippen LogP contribution in [0, 0.1) is 17.8 Å². The molecule has 0 aromatic carbocycles. The lowest BCUT2D eigenvalue weighted by Gasteiger charge is -2.43. The topological polar surface area (TPSA) is 69.9 Å². The second kappa shape index (κ2) is 4.57. The summed E-state index contributed by atoms with van der Waals surface area (Å²) in [5.41, 5.74) is 0. The highest BCUT2D eigenvalue weighted by Crippen LogP contribution is 2.34. The molecule has 3 unspecified atom stereocenters. The molecule has 0 aliphatic carbocycles. The molecule has 5 atom stereocenters. The summed E-state index contributed by atoms with van der Waals surface area (Å²) in [6, 6.07) is 0. The van der Waals surface area contributed by atoms with Crippen LogP contribution in [0.1, 0.15) is 20.8 Å². The molecule has 14 heavy (non-hydrogen) atoms. The fourth-order valence-corrected chi connectivity index (χ4v) is 2.26. The fraction of sp³-hybridized carbons (Fsp3) is 1.00. The maximum absolute atomic E-state index is 9.78. The largest absolute Gasteiger partial charge is 0.394 e. The average Bonchev–Trinajstić information content (AvgIpc) is 2.10. The third-order valence-electron chi connectivity index (χ3n) is 3.12. The van der Waals surface area contributed by atoms with Gasteiger partial charge in [-0.2, -0.15) is 0 Å². The minimum absolute atomic E-state index is 0.0594. The van der Waals surface area contributed by atoms with Crippen LogP contribution in [0.25, 0.3) is 0 Å². The van der Waals surface area contributed by atoms with Crippen LogP contribution in [0.3, 0.4) is 0 Å². The predicted octanol–water partition coefficient (Wildman–Crippen LogP) is -0.0349. The predicted molar refractivity (Wildman–Crippen MR) is 51.5 cm³/mol. The van der Waals surface area contributed by atoms with Crippen LogP contribution < -0.4 is 0 Å². The van der Waals surface area contributed by atoms with Gasteiger partial charge in [0.15, 0.2) is 6.29 Å². The third kappa shape index (κ3) is 2.08. The molecule has 1 aliphatic rings. The smallest absolute Gasteiger partial charge is 0.158 e. The molecule has 0 spiro atoms. The van der Waals surface area contributed by atoms with Crippen LogP contribution in [-0.2, 0) is 4.74 Å². The summed E-state index contributed by atoms with van der Waals surface area (Å²) in [5, 5.41) is 28.4. The van der Waals surface area contributed by atoms with E-state index in [0.717, 1.165) is 0 Å². The van der Waals surface area contributed by atoms with Crippen molar-refractivity contribution in [3.8, 4) is 0 Å². The van der Waals surface area contributed by atoms with Gasteiger partial charge in [-0.1, -0.05) is 20.8 Å². The van der Waals surface area contributed by atoms with Crippen LogP contribution in [0.4, 0.5) is 0 Å². The Morgan fingerprint density at radius 3 is 2.29 bits per heavy atom. The summed E-state index contributed by atoms with van der Waals surface area (Å²) in [4.78, 5) is 0. The third-order valence-corrected chi connectivity index (χ3v) is 3.12. The minimum Gasteiger partial charge on any atom is -0.394 e. The molecule has 4 nitrogen and oxygen atoms in total. The summed E-state index contributed by atoms with van der Waals surface area (Å²) in [5.74, 6) is 0.109. The Bertz CT molecular complexity index is 183. The van der Waals surface area contributed by atoms with Crippen LogP contribution in [0.2, 0.25) is 0 Å². The lowest BCUT2D eigenvalue weighted by atomic mass is 9.77. The molecule has 0 saturated carbocycles. The van der Waals surface area contributed by atoms with E-state index in [-0.39, 0.29) is 24.4 Å². The Kier molecular flexibility index (Phi) is 3.89. The molecule has 1 heterocycles. The van der Waals surface area contributed by atoms with E-state index in [1.54, 1.807) is 0 Å². The van der Waals surface area contributed by atoms with E-state index in [1.165, 1.54) is 0 Å². The van der Waals surface area contributed by atoms with Crippen molar-refractivity contribution in [1.29, 1.82) is 0 Å². The second-order valence-corrected chi connectivity index (χ2v) is 4.42. The Morgan fingerprint density at radius 1 is 1.29 bits per heavy atom. The van der Waals surface area contributed by atoms with Crippen molar-refractivity contribution < 1.29 is 20.1 Å². The average molecular weight is 204 g/mol. The van der Waals surface area contributed by atoms with Gasteiger partial charge in [0.05, 0.1) is 12.7 Å². The van der Waals surface area contributed by atoms with Gasteiger partial charge < -0.3 is 20.1 Å². The molecule has 0 aromatic heterocycles. The molecule has 0 aromatic rings. The molecule has 0 radical (unpaired) electrons. The normalized spacial score (nSPS) is 44.4. The lowest BCUT2D eigenvalue weighted by molar-refractivity contribution is -0.261. The quantitative estimate of drug-likeness (QED) is 0.590. The van der Waals surface area contributed by atoms with Crippen LogP contribution in [-0.4, -0.2) is 40.4 Å². The van der Waals surface area contributed by atoms with E-state index < -0.39 is 18.5 Å². The van der Waals surface area contributed by atoms with E-state index >= 15 is 0 Å². The number of aliphatic hydroxyl groups is 3. The molecule has 4 heteroatoms. The van der Waals surface area contributed by atoms with Crippen molar-refractivity contribution >= 4 is 0 Å². The fourth-order valence-electron chi connectivity index (χ4n) is 2.26. The number of ether oxygens (including phenoxy) is 1. The molecule has 1 rings (SSSR count). The van der Waals surface area contributed by atoms with Gasteiger partial charge >= 0.3 is 0 Å². The summed E-state index contributed by atoms with van der Waals surface area (Å²) >= 11 is 0. The van der Waals surface area contributed by atoms with Gasteiger partial charge in [0.2, 0.25) is 0 Å². The van der Waals surface area contributed by atoms with Crippen LogP contribution in [0.15, 0.2) is 0 Å². The highest BCUT2D eigenvalue weighted by atomic mass is 16.6. The first-order valence-corrected chi connectivity index (χ1v) is 5.11. The number of aliphatic hydroxyl groups excluding tert-OH is 3. The number of hydrogen-bond donors (Lipinski definition) is 3. The molecular formula is C10H20O4. The Morgan fingerprint density at radius 2 is 1.86 bits per heavy atom. The Balaban J connectivity index is 2.74. The van der Waals surface area contributed by atoms with Gasteiger partial charge in [0, 0.05) is 5.92 Å². The molecule has 1 fully saturated rings. The van der Waals surface area contributed by atoms with Gasteiger partial charge in [-0.05, 0) is 11.8 Å². The first-order valence-electron chi connectivity index (χ1n) is 5.11. The summed E-state index contributed by atoms with van der Waals surface area (Å²) < 4.78 is 5.15. The maximum atomic E-state index is 9.78. The minimum atomic E-state index is -0.884. The Hall–Kier alpha value is -0.160. The van der Waals surface area contributed by atoms with E-state index in [9.17, 15) is 10.2 Å². The standard InChI is InChI=1S/C10H20O4/c1-5(2)8-6(3)9(12)7(4-11)14-10(8)13/h5-13H,4H2,1-3H3/t6-,7?,8?,9+,10?/m1/s1. The zero-order valence-corrected chi connectivity index (χ0v) is 8.92. The number of hydrogen-bond acceptors (Lipinski definition) is 4. The Labute approximate surface area is 84.5 Å². The van der Waals surface area contributed by atoms with E-state index in [0.29, 0.717) is 0 Å². The number of rotatable bonds is 2. The first kappa shape index (κ1) is 11.9. The monoisotopic (exact) mass is 204 g/mol. The van der Waals surface area contributed by atoms with E-state index in [4.69, 9.17) is 9.84 Å². The van der Waals surface area contributed by atoms with Crippen molar-refractivity contribution in [1.82, 2.24) is 0 Å². The van der Waals surface area contributed by atoms with E-state index in [2.05, 4.69) is 0 Å². The summed E-state index contributed by atoms with van der Waals surface area (Å²) in [7, 11) is 0. The first-order chi connectivity index (χ1) is 6.49. The van der Waals surface area contributed by atoms with Gasteiger partial charge in [-0.25, -0.2) is 0 Å². The summed E-state index contributed by atoms with van der Waals surface area (Å²) in [6.45, 7) is 5.59. The van der Waals surface area contributed by atoms with Gasteiger partial charge in [-0.3, -0.25) is 0 Å². The van der Waals surface area contributed by atoms with Gasteiger partial charge in [0.25, 0.3) is 0 Å². The summed E-state index contributed by atoms with van der Waals surface area (Å²) in [6.07, 6.45) is -2.24. The maximum Gasteiger partial charge on any atom is 0.158 e. The zero-order valence-electron chi connectivity index (χ0n) is 8.92. The zero-order chi connectivity index (χ0) is 10.9. The van der Waals surface area contributed by atoms with E-state index in [1.807, 2.05) is 20.8 Å². The SMILES string of the molecule is CC(C)C1C(O)OC(CO)[C@@H](O)[C@@H]1C. The van der Waals surface area contributed by atoms with Gasteiger partial charge in [0.1, 0.15) is 6.10 Å². The van der Waals surface area contributed by atoms with Crippen LogP contribution in [0.5, 0.6) is 0 Å². The van der Waals surface area contributed by atoms with Crippen molar-refractivity contribution in [3.05, 3.63) is 0 Å².